The van der Waals surface area contributed by atoms with E-state index in [-0.39, 0.29) is 36.5 Å². The van der Waals surface area contributed by atoms with Gasteiger partial charge in [-0.05, 0) is 36.4 Å². The standard InChI is InChI=1S/C17H14FN5O3/c18-13-5-3-11(4-6-13)14-22-17(26-23-14)16(25)21-9-8-20-15(24)12-2-1-7-19-10-12/h1-7,10H,8-9H2,(H,20,24)(H,21,25). The van der Waals surface area contributed by atoms with E-state index in [4.69, 9.17) is 4.52 Å². The molecule has 26 heavy (non-hydrogen) atoms. The number of hydrogen-bond acceptors (Lipinski definition) is 6. The molecule has 0 saturated carbocycles. The Hall–Kier alpha value is -3.62. The second-order valence-corrected chi connectivity index (χ2v) is 5.18. The first-order valence-corrected chi connectivity index (χ1v) is 7.69. The van der Waals surface area contributed by atoms with Crippen molar-refractivity contribution in [3.05, 3.63) is 66.1 Å². The van der Waals surface area contributed by atoms with Crippen molar-refractivity contribution in [1.29, 1.82) is 0 Å². The number of amides is 2. The van der Waals surface area contributed by atoms with Gasteiger partial charge in [-0.25, -0.2) is 4.39 Å². The number of rotatable bonds is 6. The molecule has 9 heteroatoms. The molecule has 3 aromatic rings. The van der Waals surface area contributed by atoms with Gasteiger partial charge in [0, 0.05) is 31.0 Å². The van der Waals surface area contributed by atoms with Crippen LogP contribution in [-0.4, -0.2) is 40.0 Å². The zero-order valence-electron chi connectivity index (χ0n) is 13.5. The number of nitrogens with zero attached hydrogens (tertiary/aromatic N) is 3. The molecule has 0 spiro atoms. The molecule has 2 heterocycles. The van der Waals surface area contributed by atoms with E-state index in [0.717, 1.165) is 0 Å². The monoisotopic (exact) mass is 355 g/mol. The van der Waals surface area contributed by atoms with Crippen LogP contribution in [0.3, 0.4) is 0 Å². The first-order valence-electron chi connectivity index (χ1n) is 7.69. The lowest BCUT2D eigenvalue weighted by Gasteiger charge is -2.05. The number of carbonyl (C=O) groups is 2. The molecule has 0 aliphatic carbocycles. The van der Waals surface area contributed by atoms with Gasteiger partial charge < -0.3 is 15.2 Å². The summed E-state index contributed by atoms with van der Waals surface area (Å²) in [6, 6.07) is 8.78. The molecule has 0 radical (unpaired) electrons. The summed E-state index contributed by atoms with van der Waals surface area (Å²) in [4.78, 5) is 31.6. The SMILES string of the molecule is O=C(NCCNC(=O)c1nc(-c2ccc(F)cc2)no1)c1cccnc1. The molecule has 3 rings (SSSR count). The molecule has 0 atom stereocenters. The van der Waals surface area contributed by atoms with Crippen LogP contribution in [0, 0.1) is 5.82 Å². The molecule has 0 aliphatic heterocycles. The lowest BCUT2D eigenvalue weighted by molar-refractivity contribution is 0.0898. The Morgan fingerprint density at radius 1 is 1.04 bits per heavy atom. The van der Waals surface area contributed by atoms with Gasteiger partial charge in [-0.1, -0.05) is 5.16 Å². The fraction of sp³-hybridized carbons (Fsp3) is 0.118. The summed E-state index contributed by atoms with van der Waals surface area (Å²) >= 11 is 0. The number of benzene rings is 1. The van der Waals surface area contributed by atoms with E-state index in [0.29, 0.717) is 11.1 Å². The van der Waals surface area contributed by atoms with Gasteiger partial charge in [0.2, 0.25) is 5.82 Å². The number of halogens is 1. The van der Waals surface area contributed by atoms with E-state index >= 15 is 0 Å². The summed E-state index contributed by atoms with van der Waals surface area (Å²) in [7, 11) is 0. The highest BCUT2D eigenvalue weighted by molar-refractivity contribution is 5.94. The van der Waals surface area contributed by atoms with Crippen molar-refractivity contribution in [1.82, 2.24) is 25.8 Å². The van der Waals surface area contributed by atoms with Crippen molar-refractivity contribution >= 4 is 11.8 Å². The van der Waals surface area contributed by atoms with Crippen molar-refractivity contribution in [2.75, 3.05) is 13.1 Å². The molecule has 1 aromatic carbocycles. The average molecular weight is 355 g/mol. The van der Waals surface area contributed by atoms with E-state index in [1.165, 1.54) is 30.5 Å². The number of pyridine rings is 1. The second-order valence-electron chi connectivity index (χ2n) is 5.18. The minimum atomic E-state index is -0.568. The van der Waals surface area contributed by atoms with Crippen LogP contribution >= 0.6 is 0 Å². The van der Waals surface area contributed by atoms with Crippen molar-refractivity contribution in [2.45, 2.75) is 0 Å². The Kier molecular flexibility index (Phi) is 5.28. The molecular formula is C17H14FN5O3. The summed E-state index contributed by atoms with van der Waals surface area (Å²) in [5.74, 6) is -1.28. The van der Waals surface area contributed by atoms with Gasteiger partial charge in [0.15, 0.2) is 0 Å². The molecule has 2 N–H and O–H groups in total. The molecule has 2 aromatic heterocycles. The highest BCUT2D eigenvalue weighted by Crippen LogP contribution is 2.15. The Morgan fingerprint density at radius 3 is 2.46 bits per heavy atom. The summed E-state index contributed by atoms with van der Waals surface area (Å²) in [6.07, 6.45) is 3.02. The zero-order valence-corrected chi connectivity index (χ0v) is 13.5. The summed E-state index contributed by atoms with van der Waals surface area (Å²) in [6.45, 7) is 0.400. The molecule has 132 valence electrons. The highest BCUT2D eigenvalue weighted by Gasteiger charge is 2.15. The van der Waals surface area contributed by atoms with Crippen LogP contribution in [0.4, 0.5) is 4.39 Å². The van der Waals surface area contributed by atoms with Crippen LogP contribution in [-0.2, 0) is 0 Å². The third-order valence-electron chi connectivity index (χ3n) is 3.34. The van der Waals surface area contributed by atoms with Crippen LogP contribution in [0.25, 0.3) is 11.4 Å². The quantitative estimate of drug-likeness (QED) is 0.647. The summed E-state index contributed by atoms with van der Waals surface area (Å²) in [5.41, 5.74) is 0.956. The molecular weight excluding hydrogens is 341 g/mol. The molecule has 0 bridgehead atoms. The van der Waals surface area contributed by atoms with Crippen LogP contribution in [0.5, 0.6) is 0 Å². The predicted molar refractivity (Wildman–Crippen MR) is 88.6 cm³/mol. The van der Waals surface area contributed by atoms with Crippen molar-refractivity contribution in [3.8, 4) is 11.4 Å². The van der Waals surface area contributed by atoms with E-state index in [1.807, 2.05) is 0 Å². The maximum absolute atomic E-state index is 12.9. The lowest BCUT2D eigenvalue weighted by Crippen LogP contribution is -2.34. The van der Waals surface area contributed by atoms with Gasteiger partial charge in [-0.3, -0.25) is 14.6 Å². The predicted octanol–water partition coefficient (Wildman–Crippen LogP) is 1.43. The van der Waals surface area contributed by atoms with E-state index in [1.54, 1.807) is 18.3 Å². The maximum Gasteiger partial charge on any atom is 0.316 e. The molecule has 8 nitrogen and oxygen atoms in total. The Balaban J connectivity index is 1.48. The van der Waals surface area contributed by atoms with Crippen molar-refractivity contribution in [2.24, 2.45) is 0 Å². The van der Waals surface area contributed by atoms with Gasteiger partial charge in [-0.15, -0.1) is 0 Å². The molecule has 0 unspecified atom stereocenters. The van der Waals surface area contributed by atoms with E-state index < -0.39 is 5.91 Å². The van der Waals surface area contributed by atoms with Crippen molar-refractivity contribution < 1.29 is 18.5 Å². The summed E-state index contributed by atoms with van der Waals surface area (Å²) in [5, 5.41) is 8.89. The fourth-order valence-electron chi connectivity index (χ4n) is 2.06. The molecule has 2 amide bonds. The van der Waals surface area contributed by atoms with Crippen molar-refractivity contribution in [3.63, 3.8) is 0 Å². The smallest absolute Gasteiger partial charge is 0.316 e. The lowest BCUT2D eigenvalue weighted by atomic mass is 10.2. The summed E-state index contributed by atoms with van der Waals surface area (Å²) < 4.78 is 17.8. The second kappa shape index (κ2) is 7.97. The zero-order chi connectivity index (χ0) is 18.4. The number of nitrogens with one attached hydrogen (secondary N) is 2. The average Bonchev–Trinajstić information content (AvgIpc) is 3.16. The molecule has 0 saturated heterocycles. The van der Waals surface area contributed by atoms with E-state index in [9.17, 15) is 14.0 Å². The maximum atomic E-state index is 12.9. The fourth-order valence-corrected chi connectivity index (χ4v) is 2.06. The van der Waals surface area contributed by atoms with Gasteiger partial charge in [0.25, 0.3) is 5.91 Å². The van der Waals surface area contributed by atoms with Gasteiger partial charge >= 0.3 is 11.8 Å². The third-order valence-corrected chi connectivity index (χ3v) is 3.34. The third kappa shape index (κ3) is 4.26. The molecule has 0 fully saturated rings. The number of hydrogen-bond donors (Lipinski definition) is 2. The Bertz CT molecular complexity index is 896. The van der Waals surface area contributed by atoms with Gasteiger partial charge in [0.1, 0.15) is 5.82 Å². The Labute approximate surface area is 147 Å². The number of carbonyl (C=O) groups excluding carboxylic acids is 2. The molecule has 0 aliphatic rings. The topological polar surface area (TPSA) is 110 Å². The van der Waals surface area contributed by atoms with Crippen LogP contribution in [0.1, 0.15) is 21.0 Å². The number of aromatic nitrogens is 3. The highest BCUT2D eigenvalue weighted by atomic mass is 19.1. The van der Waals surface area contributed by atoms with Crippen LogP contribution in [0.2, 0.25) is 0 Å². The minimum absolute atomic E-state index is 0.180. The minimum Gasteiger partial charge on any atom is -0.350 e. The van der Waals surface area contributed by atoms with Gasteiger partial charge in [-0.2, -0.15) is 4.98 Å². The van der Waals surface area contributed by atoms with Gasteiger partial charge in [0.05, 0.1) is 5.56 Å². The first-order chi connectivity index (χ1) is 12.6. The first kappa shape index (κ1) is 17.2. The van der Waals surface area contributed by atoms with Crippen LogP contribution in [0.15, 0.2) is 53.3 Å². The normalized spacial score (nSPS) is 10.3. The van der Waals surface area contributed by atoms with Crippen LogP contribution < -0.4 is 10.6 Å². The largest absolute Gasteiger partial charge is 0.350 e. The van der Waals surface area contributed by atoms with E-state index in [2.05, 4.69) is 25.8 Å². The Morgan fingerprint density at radius 2 is 1.77 bits per heavy atom.